The number of aliphatic hydroxyl groups excluding tert-OH is 2. The Morgan fingerprint density at radius 1 is 0.446 bits per heavy atom. The van der Waals surface area contributed by atoms with Gasteiger partial charge < -0.3 is 20.3 Å². The Kier molecular flexibility index (Phi) is 51.0. The highest BCUT2D eigenvalue weighted by Gasteiger charge is 2.24. The number of aliphatic hydroxyl groups is 2. The van der Waals surface area contributed by atoms with Crippen molar-refractivity contribution in [1.82, 2.24) is 5.32 Å². The molecular formula is C59H109NO5. The number of nitrogens with one attached hydrogen (secondary N) is 1. The van der Waals surface area contributed by atoms with Gasteiger partial charge in [-0.15, -0.1) is 0 Å². The number of carbonyl (C=O) groups is 2. The summed E-state index contributed by atoms with van der Waals surface area (Å²) in [7, 11) is 0. The fourth-order valence-corrected chi connectivity index (χ4v) is 8.55. The zero-order valence-corrected chi connectivity index (χ0v) is 43.4. The summed E-state index contributed by atoms with van der Waals surface area (Å²) in [6, 6.07) is -0.706. The first-order valence-electron chi connectivity index (χ1n) is 28.4. The molecule has 0 saturated carbocycles. The summed E-state index contributed by atoms with van der Waals surface area (Å²) in [6.07, 6.45) is 64.5. The van der Waals surface area contributed by atoms with Crippen molar-refractivity contribution in [3.63, 3.8) is 0 Å². The van der Waals surface area contributed by atoms with Crippen molar-refractivity contribution in [2.45, 2.75) is 309 Å². The first-order chi connectivity index (χ1) is 32.0. The molecule has 65 heavy (non-hydrogen) atoms. The van der Waals surface area contributed by atoms with E-state index in [-0.39, 0.29) is 24.9 Å². The average molecular weight is 913 g/mol. The van der Waals surface area contributed by atoms with Crippen LogP contribution in [0.5, 0.6) is 0 Å². The van der Waals surface area contributed by atoms with Crippen LogP contribution in [0.2, 0.25) is 0 Å². The van der Waals surface area contributed by atoms with Crippen LogP contribution >= 0.6 is 0 Å². The van der Waals surface area contributed by atoms with Crippen molar-refractivity contribution in [1.29, 1.82) is 0 Å². The van der Waals surface area contributed by atoms with Crippen LogP contribution in [0.25, 0.3) is 0 Å². The molecule has 0 aliphatic carbocycles. The molecule has 0 aromatic heterocycles. The van der Waals surface area contributed by atoms with Crippen LogP contribution in [0.4, 0.5) is 0 Å². The van der Waals surface area contributed by atoms with Gasteiger partial charge in [-0.3, -0.25) is 9.59 Å². The van der Waals surface area contributed by atoms with E-state index in [4.69, 9.17) is 4.74 Å². The third-order valence-corrected chi connectivity index (χ3v) is 12.9. The van der Waals surface area contributed by atoms with Crippen LogP contribution < -0.4 is 5.32 Å². The lowest BCUT2D eigenvalue weighted by atomic mass is 10.0. The molecule has 3 atom stereocenters. The van der Waals surface area contributed by atoms with E-state index in [1.54, 1.807) is 0 Å². The summed E-state index contributed by atoms with van der Waals surface area (Å²) in [5.74, 6) is -0.481. The number of ether oxygens (including phenoxy) is 1. The van der Waals surface area contributed by atoms with Gasteiger partial charge in [-0.2, -0.15) is 0 Å². The van der Waals surface area contributed by atoms with Crippen molar-refractivity contribution in [3.05, 3.63) is 48.6 Å². The molecule has 0 fully saturated rings. The maximum Gasteiger partial charge on any atom is 0.306 e. The van der Waals surface area contributed by atoms with Gasteiger partial charge in [0, 0.05) is 6.42 Å². The number of carbonyl (C=O) groups excluding carboxylic acids is 2. The largest absolute Gasteiger partial charge is 0.462 e. The van der Waals surface area contributed by atoms with Gasteiger partial charge in [0.25, 0.3) is 0 Å². The Morgan fingerprint density at radius 3 is 1.20 bits per heavy atom. The Balaban J connectivity index is 4.59. The predicted octanol–water partition coefficient (Wildman–Crippen LogP) is 17.4. The molecule has 1 amide bonds. The molecule has 0 radical (unpaired) electrons. The molecule has 6 heteroatoms. The number of esters is 1. The Labute approximate surface area is 404 Å². The van der Waals surface area contributed by atoms with Gasteiger partial charge in [0.1, 0.15) is 6.10 Å². The molecule has 0 aliphatic rings. The van der Waals surface area contributed by atoms with E-state index in [1.165, 1.54) is 161 Å². The second-order valence-corrected chi connectivity index (χ2v) is 19.3. The second kappa shape index (κ2) is 52.8. The van der Waals surface area contributed by atoms with E-state index in [1.807, 2.05) is 0 Å². The highest BCUT2D eigenvalue weighted by molar-refractivity contribution is 5.77. The Bertz CT molecular complexity index is 1110. The lowest BCUT2D eigenvalue weighted by Gasteiger charge is -2.24. The van der Waals surface area contributed by atoms with Crippen molar-refractivity contribution >= 4 is 11.9 Å². The lowest BCUT2D eigenvalue weighted by Crippen LogP contribution is -2.46. The third-order valence-electron chi connectivity index (χ3n) is 12.9. The molecule has 3 N–H and O–H groups in total. The summed E-state index contributed by atoms with van der Waals surface area (Å²) in [5.41, 5.74) is 0. The zero-order chi connectivity index (χ0) is 47.4. The first kappa shape index (κ1) is 62.8. The quantitative estimate of drug-likeness (QED) is 0.0321. The van der Waals surface area contributed by atoms with E-state index in [9.17, 15) is 19.8 Å². The van der Waals surface area contributed by atoms with Gasteiger partial charge in [0.05, 0.1) is 25.2 Å². The Hall–Kier alpha value is -2.18. The minimum Gasteiger partial charge on any atom is -0.462 e. The molecule has 0 heterocycles. The number of amides is 1. The van der Waals surface area contributed by atoms with Gasteiger partial charge in [0.15, 0.2) is 0 Å². The topological polar surface area (TPSA) is 95.9 Å². The van der Waals surface area contributed by atoms with E-state index in [2.05, 4.69) is 74.7 Å². The van der Waals surface area contributed by atoms with Crippen molar-refractivity contribution < 1.29 is 24.5 Å². The molecular weight excluding hydrogens is 803 g/mol. The number of rotatable bonds is 51. The number of hydrogen-bond donors (Lipinski definition) is 3. The second-order valence-electron chi connectivity index (χ2n) is 19.3. The minimum absolute atomic E-state index is 0.0701. The highest BCUT2D eigenvalue weighted by Crippen LogP contribution is 2.18. The van der Waals surface area contributed by atoms with Crippen LogP contribution in [0.1, 0.15) is 290 Å². The molecule has 0 aromatic carbocycles. The van der Waals surface area contributed by atoms with E-state index < -0.39 is 18.2 Å². The molecule has 0 bridgehead atoms. The van der Waals surface area contributed by atoms with Gasteiger partial charge in [-0.25, -0.2) is 0 Å². The molecule has 0 saturated heterocycles. The third kappa shape index (κ3) is 48.1. The molecule has 0 aliphatic heterocycles. The van der Waals surface area contributed by atoms with Crippen molar-refractivity contribution in [2.75, 3.05) is 6.61 Å². The van der Waals surface area contributed by atoms with Crippen LogP contribution in [0.3, 0.4) is 0 Å². The maximum absolute atomic E-state index is 13.3. The molecule has 0 spiro atoms. The number of hydrogen-bond acceptors (Lipinski definition) is 5. The monoisotopic (exact) mass is 912 g/mol. The van der Waals surface area contributed by atoms with Gasteiger partial charge in [0.2, 0.25) is 5.91 Å². The lowest BCUT2D eigenvalue weighted by molar-refractivity contribution is -0.151. The van der Waals surface area contributed by atoms with E-state index in [0.717, 1.165) is 83.5 Å². The van der Waals surface area contributed by atoms with Gasteiger partial charge in [-0.1, -0.05) is 236 Å². The van der Waals surface area contributed by atoms with Gasteiger partial charge in [-0.05, 0) is 89.9 Å². The molecule has 0 rings (SSSR count). The van der Waals surface area contributed by atoms with E-state index in [0.29, 0.717) is 19.3 Å². The molecule has 0 aromatic rings. The summed E-state index contributed by atoms with van der Waals surface area (Å²) in [6.45, 7) is 6.45. The Morgan fingerprint density at radius 2 is 0.785 bits per heavy atom. The van der Waals surface area contributed by atoms with Crippen LogP contribution in [-0.2, 0) is 14.3 Å². The number of unbranched alkanes of at least 4 members (excludes halogenated alkanes) is 31. The SMILES string of the molecule is CCCCC/C=C\C/C=C\CCCCCCCCCC(=O)OC(CCCCCCCCC/C=C\C/C=C\CCCCC)CC(=O)NC(CO)C(O)CCCCCCCCCCCCCC. The fourth-order valence-electron chi connectivity index (χ4n) is 8.55. The van der Waals surface area contributed by atoms with Crippen molar-refractivity contribution in [2.24, 2.45) is 0 Å². The normalized spacial score (nSPS) is 13.5. The van der Waals surface area contributed by atoms with Crippen LogP contribution in [-0.4, -0.2) is 46.9 Å². The molecule has 3 unspecified atom stereocenters. The smallest absolute Gasteiger partial charge is 0.306 e. The average Bonchev–Trinajstić information content (AvgIpc) is 3.30. The van der Waals surface area contributed by atoms with Crippen LogP contribution in [0.15, 0.2) is 48.6 Å². The first-order valence-corrected chi connectivity index (χ1v) is 28.4. The summed E-state index contributed by atoms with van der Waals surface area (Å²) in [4.78, 5) is 26.3. The predicted molar refractivity (Wildman–Crippen MR) is 282 cm³/mol. The molecule has 6 nitrogen and oxygen atoms in total. The van der Waals surface area contributed by atoms with Gasteiger partial charge >= 0.3 is 5.97 Å². The summed E-state index contributed by atoms with van der Waals surface area (Å²) < 4.78 is 5.96. The van der Waals surface area contributed by atoms with Crippen molar-refractivity contribution in [3.8, 4) is 0 Å². The zero-order valence-electron chi connectivity index (χ0n) is 43.4. The minimum atomic E-state index is -0.791. The molecule has 380 valence electrons. The van der Waals surface area contributed by atoms with Crippen LogP contribution in [0, 0.1) is 0 Å². The maximum atomic E-state index is 13.3. The van der Waals surface area contributed by atoms with E-state index >= 15 is 0 Å². The number of allylic oxidation sites excluding steroid dienone is 8. The standard InChI is InChI=1S/C59H109NO5/c1-4-7-10-13-16-19-22-25-27-29-31-33-35-38-41-44-47-50-55(65-59(64)52-49-46-43-40-37-34-32-30-28-26-23-20-17-14-11-8-5-2)53-58(63)60-56(54-61)57(62)51-48-45-42-39-36-24-21-18-15-12-9-6-3/h16-17,19-20,25-28,55-57,61-62H,4-15,18,21-24,29-54H2,1-3H3,(H,60,63)/b19-16-,20-17-,27-25-,28-26-. The fraction of sp³-hybridized carbons (Fsp3) is 0.831. The summed E-state index contributed by atoms with van der Waals surface area (Å²) >= 11 is 0. The summed E-state index contributed by atoms with van der Waals surface area (Å²) in [5, 5.41) is 23.8. The highest BCUT2D eigenvalue weighted by atomic mass is 16.5.